The molecule has 3 rings (SSSR count). The maximum absolute atomic E-state index is 12.2. The van der Waals surface area contributed by atoms with E-state index in [1.165, 1.54) is 0 Å². The Morgan fingerprint density at radius 1 is 1.07 bits per heavy atom. The van der Waals surface area contributed by atoms with E-state index >= 15 is 0 Å². The van der Waals surface area contributed by atoms with Crippen LogP contribution in [0.1, 0.15) is 30.1 Å². The lowest BCUT2D eigenvalue weighted by Crippen LogP contribution is -2.28. The average molecular weight is 367 g/mol. The summed E-state index contributed by atoms with van der Waals surface area (Å²) in [5.74, 6) is -0.267. The van der Waals surface area contributed by atoms with Gasteiger partial charge in [-0.05, 0) is 49.7 Å². The third-order valence-electron chi connectivity index (χ3n) is 4.31. The number of ether oxygens (including phenoxy) is 2. The normalized spacial score (nSPS) is 14.7. The quantitative estimate of drug-likeness (QED) is 0.556. The molecule has 0 aliphatic carbocycles. The molecule has 1 aliphatic heterocycles. The summed E-state index contributed by atoms with van der Waals surface area (Å²) in [6.45, 7) is 1.91. The van der Waals surface area contributed by atoms with Crippen LogP contribution < -0.4 is 9.64 Å². The van der Waals surface area contributed by atoms with Gasteiger partial charge >= 0.3 is 5.97 Å². The molecule has 0 unspecified atom stereocenters. The van der Waals surface area contributed by atoms with Gasteiger partial charge in [-0.3, -0.25) is 9.59 Å². The fraction of sp³-hybridized carbons (Fsp3) is 0.286. The van der Waals surface area contributed by atoms with Crippen LogP contribution in [-0.2, 0) is 14.3 Å². The molecule has 2 aromatic carbocycles. The molecule has 1 atom stereocenters. The van der Waals surface area contributed by atoms with Crippen LogP contribution >= 0.6 is 0 Å². The van der Waals surface area contributed by atoms with Crippen molar-refractivity contribution < 1.29 is 23.9 Å². The lowest BCUT2D eigenvalue weighted by atomic mass is 10.1. The summed E-state index contributed by atoms with van der Waals surface area (Å²) in [7, 11) is 0. The number of benzene rings is 2. The SMILES string of the molecule is C[C@@H](Oc1ccccc1)C(=O)OCC(=O)c1ccc(N2CCCC2=O)cc1. The van der Waals surface area contributed by atoms with E-state index in [4.69, 9.17) is 9.47 Å². The van der Waals surface area contributed by atoms with E-state index in [1.807, 2.05) is 6.07 Å². The lowest BCUT2D eigenvalue weighted by Gasteiger charge is -2.16. The molecule has 1 fully saturated rings. The Hall–Kier alpha value is -3.15. The molecule has 140 valence electrons. The molecule has 6 nitrogen and oxygen atoms in total. The smallest absolute Gasteiger partial charge is 0.347 e. The molecule has 1 saturated heterocycles. The lowest BCUT2D eigenvalue weighted by molar-refractivity contribution is -0.149. The van der Waals surface area contributed by atoms with E-state index in [2.05, 4.69) is 0 Å². The number of ketones is 1. The van der Waals surface area contributed by atoms with Crippen molar-refractivity contribution in [3.63, 3.8) is 0 Å². The summed E-state index contributed by atoms with van der Waals surface area (Å²) < 4.78 is 10.5. The summed E-state index contributed by atoms with van der Waals surface area (Å²) >= 11 is 0. The van der Waals surface area contributed by atoms with Gasteiger partial charge in [-0.25, -0.2) is 4.79 Å². The molecule has 0 bridgehead atoms. The van der Waals surface area contributed by atoms with Crippen molar-refractivity contribution >= 4 is 23.3 Å². The number of nitrogens with zero attached hydrogens (tertiary/aromatic N) is 1. The van der Waals surface area contributed by atoms with Crippen LogP contribution in [0.5, 0.6) is 5.75 Å². The van der Waals surface area contributed by atoms with Crippen LogP contribution in [0, 0.1) is 0 Å². The van der Waals surface area contributed by atoms with Crippen molar-refractivity contribution in [3.8, 4) is 5.75 Å². The van der Waals surface area contributed by atoms with Gasteiger partial charge in [-0.15, -0.1) is 0 Å². The second-order valence-electron chi connectivity index (χ2n) is 6.30. The fourth-order valence-corrected chi connectivity index (χ4v) is 2.84. The molecule has 2 aromatic rings. The molecule has 0 saturated carbocycles. The number of hydrogen-bond donors (Lipinski definition) is 0. The van der Waals surface area contributed by atoms with Crippen molar-refractivity contribution in [3.05, 3.63) is 60.2 Å². The van der Waals surface area contributed by atoms with Crippen molar-refractivity contribution in [2.45, 2.75) is 25.9 Å². The van der Waals surface area contributed by atoms with Gasteiger partial charge in [0.2, 0.25) is 5.91 Å². The monoisotopic (exact) mass is 367 g/mol. The highest BCUT2D eigenvalue weighted by atomic mass is 16.6. The molecule has 0 spiro atoms. The van der Waals surface area contributed by atoms with Gasteiger partial charge in [-0.2, -0.15) is 0 Å². The second-order valence-corrected chi connectivity index (χ2v) is 6.30. The first kappa shape index (κ1) is 18.6. The summed E-state index contributed by atoms with van der Waals surface area (Å²) in [6.07, 6.45) is 0.585. The van der Waals surface area contributed by atoms with Gasteiger partial charge in [0.05, 0.1) is 0 Å². The third kappa shape index (κ3) is 4.73. The predicted octanol–water partition coefficient (Wildman–Crippen LogP) is 3.01. The molecule has 0 aromatic heterocycles. The molecule has 0 radical (unpaired) electrons. The zero-order valence-corrected chi connectivity index (χ0v) is 15.1. The number of anilines is 1. The number of para-hydroxylation sites is 1. The van der Waals surface area contributed by atoms with Gasteiger partial charge in [0.1, 0.15) is 5.75 Å². The van der Waals surface area contributed by atoms with Gasteiger partial charge in [0, 0.05) is 24.2 Å². The molecule has 1 amide bonds. The highest BCUT2D eigenvalue weighted by Crippen LogP contribution is 2.21. The highest BCUT2D eigenvalue weighted by molar-refractivity contribution is 5.99. The first-order valence-electron chi connectivity index (χ1n) is 8.86. The maximum atomic E-state index is 12.2. The molecular formula is C21H21NO5. The van der Waals surface area contributed by atoms with E-state index in [0.29, 0.717) is 24.3 Å². The summed E-state index contributed by atoms with van der Waals surface area (Å²) in [5.41, 5.74) is 1.20. The summed E-state index contributed by atoms with van der Waals surface area (Å²) in [4.78, 5) is 37.7. The molecule has 27 heavy (non-hydrogen) atoms. The molecule has 0 N–H and O–H groups in total. The van der Waals surface area contributed by atoms with Gasteiger partial charge in [0.25, 0.3) is 0 Å². The number of rotatable bonds is 7. The summed E-state index contributed by atoms with van der Waals surface area (Å²) in [5, 5.41) is 0. The number of esters is 1. The van der Waals surface area contributed by atoms with Crippen molar-refractivity contribution in [2.24, 2.45) is 0 Å². The minimum Gasteiger partial charge on any atom is -0.479 e. The first-order chi connectivity index (χ1) is 13.0. The minimum absolute atomic E-state index is 0.0930. The van der Waals surface area contributed by atoms with Gasteiger partial charge in [0.15, 0.2) is 18.5 Å². The fourth-order valence-electron chi connectivity index (χ4n) is 2.84. The molecule has 1 heterocycles. The minimum atomic E-state index is -0.816. The van der Waals surface area contributed by atoms with Gasteiger partial charge < -0.3 is 14.4 Å². The summed E-state index contributed by atoms with van der Waals surface area (Å²) in [6, 6.07) is 15.7. The van der Waals surface area contributed by atoms with Crippen LogP contribution in [0.15, 0.2) is 54.6 Å². The van der Waals surface area contributed by atoms with Crippen LogP contribution in [-0.4, -0.2) is 36.9 Å². The van der Waals surface area contributed by atoms with E-state index in [9.17, 15) is 14.4 Å². The molecule has 1 aliphatic rings. The zero-order chi connectivity index (χ0) is 19.2. The van der Waals surface area contributed by atoms with Gasteiger partial charge in [-0.1, -0.05) is 18.2 Å². The Kier molecular flexibility index (Phi) is 5.86. The van der Waals surface area contributed by atoms with E-state index in [-0.39, 0.29) is 18.3 Å². The second kappa shape index (κ2) is 8.49. The predicted molar refractivity (Wildman–Crippen MR) is 99.9 cm³/mol. The number of carbonyl (C=O) groups is 3. The van der Waals surface area contributed by atoms with Crippen molar-refractivity contribution in [1.29, 1.82) is 0 Å². The Bertz CT molecular complexity index is 816. The third-order valence-corrected chi connectivity index (χ3v) is 4.31. The Morgan fingerprint density at radius 2 is 1.78 bits per heavy atom. The maximum Gasteiger partial charge on any atom is 0.347 e. The van der Waals surface area contributed by atoms with E-state index < -0.39 is 12.1 Å². The number of carbonyl (C=O) groups excluding carboxylic acids is 3. The molecular weight excluding hydrogens is 346 g/mol. The first-order valence-corrected chi connectivity index (χ1v) is 8.86. The number of amides is 1. The number of Topliss-reactive ketones (excluding diaryl/α,β-unsaturated/α-hetero) is 1. The van der Waals surface area contributed by atoms with Crippen LogP contribution in [0.2, 0.25) is 0 Å². The van der Waals surface area contributed by atoms with E-state index in [0.717, 1.165) is 12.1 Å². The Labute approximate surface area is 157 Å². The van der Waals surface area contributed by atoms with Crippen LogP contribution in [0.3, 0.4) is 0 Å². The zero-order valence-electron chi connectivity index (χ0n) is 15.1. The van der Waals surface area contributed by atoms with Crippen molar-refractivity contribution in [2.75, 3.05) is 18.1 Å². The Morgan fingerprint density at radius 3 is 2.41 bits per heavy atom. The molecule has 6 heteroatoms. The van der Waals surface area contributed by atoms with E-state index in [1.54, 1.807) is 60.4 Å². The van der Waals surface area contributed by atoms with Crippen LogP contribution in [0.25, 0.3) is 0 Å². The highest BCUT2D eigenvalue weighted by Gasteiger charge is 2.22. The van der Waals surface area contributed by atoms with Crippen molar-refractivity contribution in [1.82, 2.24) is 0 Å². The largest absolute Gasteiger partial charge is 0.479 e. The topological polar surface area (TPSA) is 72.9 Å². The number of hydrogen-bond acceptors (Lipinski definition) is 5. The van der Waals surface area contributed by atoms with Crippen LogP contribution in [0.4, 0.5) is 5.69 Å². The standard InChI is InChI=1S/C21H21NO5/c1-15(27-18-6-3-2-4-7-18)21(25)26-14-19(23)16-9-11-17(12-10-16)22-13-5-8-20(22)24/h2-4,6-7,9-12,15H,5,8,13-14H2,1H3/t15-/m1/s1. The Balaban J connectivity index is 1.51. The average Bonchev–Trinajstić information content (AvgIpc) is 3.12.